The number of anilines is 1. The van der Waals surface area contributed by atoms with Gasteiger partial charge in [-0.3, -0.25) is 4.90 Å². The zero-order valence-corrected chi connectivity index (χ0v) is 13.3. The molecule has 0 aliphatic carbocycles. The van der Waals surface area contributed by atoms with Gasteiger partial charge in [0.15, 0.2) is 0 Å². The lowest BCUT2D eigenvalue weighted by Crippen LogP contribution is -2.47. The summed E-state index contributed by atoms with van der Waals surface area (Å²) >= 11 is 6.15. The van der Waals surface area contributed by atoms with E-state index in [0.29, 0.717) is 11.6 Å². The van der Waals surface area contributed by atoms with Crippen LogP contribution < -0.4 is 4.90 Å². The van der Waals surface area contributed by atoms with E-state index in [4.69, 9.17) is 11.6 Å². The highest BCUT2D eigenvalue weighted by atomic mass is 35.5. The van der Waals surface area contributed by atoms with Crippen molar-refractivity contribution >= 4 is 17.3 Å². The Morgan fingerprint density at radius 1 is 0.909 bits per heavy atom. The first kappa shape index (κ1) is 15.3. The Morgan fingerprint density at radius 2 is 1.55 bits per heavy atom. The topological polar surface area (TPSA) is 26.7 Å². The molecule has 1 aliphatic heterocycles. The van der Waals surface area contributed by atoms with Gasteiger partial charge >= 0.3 is 0 Å². The van der Waals surface area contributed by atoms with Crippen LogP contribution in [0.15, 0.2) is 54.6 Å². The van der Waals surface area contributed by atoms with Gasteiger partial charge in [-0.25, -0.2) is 0 Å². The van der Waals surface area contributed by atoms with Crippen LogP contribution in [-0.4, -0.2) is 42.7 Å². The summed E-state index contributed by atoms with van der Waals surface area (Å²) < 4.78 is 0. The van der Waals surface area contributed by atoms with Gasteiger partial charge in [0.25, 0.3) is 0 Å². The number of aliphatic hydroxyl groups is 1. The molecule has 0 spiro atoms. The van der Waals surface area contributed by atoms with Gasteiger partial charge in [0.2, 0.25) is 0 Å². The summed E-state index contributed by atoms with van der Waals surface area (Å²) in [4.78, 5) is 4.69. The molecule has 1 heterocycles. The maximum Gasteiger partial charge on any atom is 0.0931 e. The first-order valence-electron chi connectivity index (χ1n) is 7.69. The first-order chi connectivity index (χ1) is 10.7. The maximum absolute atomic E-state index is 10.4. The fourth-order valence-corrected chi connectivity index (χ4v) is 3.18. The smallest absolute Gasteiger partial charge is 0.0931 e. The van der Waals surface area contributed by atoms with Crippen molar-refractivity contribution in [3.63, 3.8) is 0 Å². The summed E-state index contributed by atoms with van der Waals surface area (Å²) in [6.07, 6.45) is -0.531. The molecule has 0 aromatic heterocycles. The lowest BCUT2D eigenvalue weighted by molar-refractivity contribution is 0.109. The Balaban J connectivity index is 1.55. The fourth-order valence-electron chi connectivity index (χ4n) is 2.92. The third-order valence-corrected chi connectivity index (χ3v) is 4.53. The minimum atomic E-state index is -0.531. The highest BCUT2D eigenvalue weighted by molar-refractivity contribution is 6.31. The molecule has 1 atom stereocenters. The van der Waals surface area contributed by atoms with Crippen LogP contribution in [0.25, 0.3) is 0 Å². The monoisotopic (exact) mass is 316 g/mol. The Morgan fingerprint density at radius 3 is 2.23 bits per heavy atom. The highest BCUT2D eigenvalue weighted by Crippen LogP contribution is 2.24. The minimum Gasteiger partial charge on any atom is -0.387 e. The number of piperazine rings is 1. The zero-order valence-electron chi connectivity index (χ0n) is 12.5. The molecule has 1 aliphatic rings. The van der Waals surface area contributed by atoms with Gasteiger partial charge in [-0.05, 0) is 18.2 Å². The molecule has 1 unspecified atom stereocenters. The molecule has 1 fully saturated rings. The molecule has 3 rings (SSSR count). The summed E-state index contributed by atoms with van der Waals surface area (Å²) in [5.74, 6) is 0. The lowest BCUT2D eigenvalue weighted by atomic mass is 10.1. The van der Waals surface area contributed by atoms with Crippen LogP contribution in [0, 0.1) is 0 Å². The standard InChI is InChI=1S/C18H21ClN2O/c19-17-9-5-4-8-16(17)18(22)14-20-10-12-21(13-11-20)15-6-2-1-3-7-15/h1-9,18,22H,10-14H2. The van der Waals surface area contributed by atoms with Gasteiger partial charge in [0, 0.05) is 49.0 Å². The highest BCUT2D eigenvalue weighted by Gasteiger charge is 2.20. The molecule has 1 saturated heterocycles. The Labute approximate surface area is 136 Å². The van der Waals surface area contributed by atoms with Gasteiger partial charge in [-0.15, -0.1) is 0 Å². The Kier molecular flexibility index (Phi) is 4.98. The third-order valence-electron chi connectivity index (χ3n) is 4.19. The van der Waals surface area contributed by atoms with Crippen molar-refractivity contribution in [2.45, 2.75) is 6.10 Å². The van der Waals surface area contributed by atoms with E-state index in [-0.39, 0.29) is 0 Å². The molecule has 116 valence electrons. The van der Waals surface area contributed by atoms with E-state index in [1.54, 1.807) is 0 Å². The molecule has 2 aromatic carbocycles. The molecule has 0 saturated carbocycles. The number of nitrogens with zero attached hydrogens (tertiary/aromatic N) is 2. The number of halogens is 1. The maximum atomic E-state index is 10.4. The number of β-amino-alcohol motifs (C(OH)–C–C–N with tert-alkyl or cyclic N) is 1. The zero-order chi connectivity index (χ0) is 15.4. The first-order valence-corrected chi connectivity index (χ1v) is 8.06. The van der Waals surface area contributed by atoms with Gasteiger partial charge in [0.05, 0.1) is 6.10 Å². The number of para-hydroxylation sites is 1. The average molecular weight is 317 g/mol. The SMILES string of the molecule is OC(CN1CCN(c2ccccc2)CC1)c1ccccc1Cl. The quantitative estimate of drug-likeness (QED) is 0.938. The average Bonchev–Trinajstić information content (AvgIpc) is 2.57. The van der Waals surface area contributed by atoms with Crippen molar-refractivity contribution in [1.82, 2.24) is 4.90 Å². The Hall–Kier alpha value is -1.55. The van der Waals surface area contributed by atoms with E-state index in [1.165, 1.54) is 5.69 Å². The van der Waals surface area contributed by atoms with E-state index in [0.717, 1.165) is 31.7 Å². The van der Waals surface area contributed by atoms with Crippen LogP contribution in [0.5, 0.6) is 0 Å². The largest absolute Gasteiger partial charge is 0.387 e. The second-order valence-electron chi connectivity index (χ2n) is 5.66. The predicted molar refractivity (Wildman–Crippen MR) is 91.5 cm³/mol. The number of rotatable bonds is 4. The molecular formula is C18H21ClN2O. The van der Waals surface area contributed by atoms with E-state index in [2.05, 4.69) is 34.1 Å². The van der Waals surface area contributed by atoms with Crippen LogP contribution in [0.1, 0.15) is 11.7 Å². The molecule has 1 N–H and O–H groups in total. The van der Waals surface area contributed by atoms with Crippen LogP contribution in [0.3, 0.4) is 0 Å². The number of aliphatic hydroxyl groups excluding tert-OH is 1. The molecule has 3 nitrogen and oxygen atoms in total. The molecule has 2 aromatic rings. The molecule has 4 heteroatoms. The second-order valence-corrected chi connectivity index (χ2v) is 6.07. The van der Waals surface area contributed by atoms with Gasteiger partial charge < -0.3 is 10.0 Å². The number of hydrogen-bond donors (Lipinski definition) is 1. The van der Waals surface area contributed by atoms with Gasteiger partial charge in [-0.2, -0.15) is 0 Å². The second kappa shape index (κ2) is 7.14. The molecule has 0 radical (unpaired) electrons. The summed E-state index contributed by atoms with van der Waals surface area (Å²) in [7, 11) is 0. The molecule has 0 bridgehead atoms. The lowest BCUT2D eigenvalue weighted by Gasteiger charge is -2.37. The Bertz CT molecular complexity index is 597. The molecule has 22 heavy (non-hydrogen) atoms. The van der Waals surface area contributed by atoms with E-state index < -0.39 is 6.10 Å². The van der Waals surface area contributed by atoms with Gasteiger partial charge in [0.1, 0.15) is 0 Å². The van der Waals surface area contributed by atoms with Crippen molar-refractivity contribution in [3.05, 3.63) is 65.2 Å². The van der Waals surface area contributed by atoms with Crippen molar-refractivity contribution in [3.8, 4) is 0 Å². The summed E-state index contributed by atoms with van der Waals surface area (Å²) in [6, 6.07) is 18.0. The summed E-state index contributed by atoms with van der Waals surface area (Å²) in [5.41, 5.74) is 2.09. The van der Waals surface area contributed by atoms with Crippen LogP contribution in [0.2, 0.25) is 5.02 Å². The van der Waals surface area contributed by atoms with Crippen LogP contribution in [0.4, 0.5) is 5.69 Å². The van der Waals surface area contributed by atoms with E-state index in [1.807, 2.05) is 30.3 Å². The van der Waals surface area contributed by atoms with Crippen molar-refractivity contribution in [2.24, 2.45) is 0 Å². The van der Waals surface area contributed by atoms with E-state index in [9.17, 15) is 5.11 Å². The minimum absolute atomic E-state index is 0.531. The van der Waals surface area contributed by atoms with Crippen LogP contribution in [-0.2, 0) is 0 Å². The third kappa shape index (κ3) is 3.61. The van der Waals surface area contributed by atoms with Crippen LogP contribution >= 0.6 is 11.6 Å². The molecular weight excluding hydrogens is 296 g/mol. The van der Waals surface area contributed by atoms with Gasteiger partial charge in [-0.1, -0.05) is 48.0 Å². The normalized spacial score (nSPS) is 17.5. The number of hydrogen-bond acceptors (Lipinski definition) is 3. The van der Waals surface area contributed by atoms with E-state index >= 15 is 0 Å². The predicted octanol–water partition coefficient (Wildman–Crippen LogP) is 3.20. The van der Waals surface area contributed by atoms with Crippen molar-refractivity contribution in [1.29, 1.82) is 0 Å². The summed E-state index contributed by atoms with van der Waals surface area (Å²) in [6.45, 7) is 4.51. The molecule has 0 amide bonds. The van der Waals surface area contributed by atoms with Crippen molar-refractivity contribution in [2.75, 3.05) is 37.6 Å². The number of benzene rings is 2. The summed E-state index contributed by atoms with van der Waals surface area (Å²) in [5, 5.41) is 11.0. The fraction of sp³-hybridized carbons (Fsp3) is 0.333. The van der Waals surface area contributed by atoms with Crippen molar-refractivity contribution < 1.29 is 5.11 Å².